The van der Waals surface area contributed by atoms with Crippen molar-refractivity contribution in [3.05, 3.63) is 12.7 Å². The predicted molar refractivity (Wildman–Crippen MR) is 42.0 cm³/mol. The van der Waals surface area contributed by atoms with E-state index in [1.807, 2.05) is 0 Å². The Bertz CT molecular complexity index is 290. The van der Waals surface area contributed by atoms with Crippen molar-refractivity contribution < 1.29 is 40.3 Å². The fourth-order valence-corrected chi connectivity index (χ4v) is 0.673. The molecule has 1 unspecified atom stereocenters. The molecule has 0 saturated carbocycles. The maximum absolute atomic E-state index is 12.7. The zero-order valence-electron chi connectivity index (χ0n) is 8.11. The second kappa shape index (κ2) is 5.37. The van der Waals surface area contributed by atoms with E-state index in [2.05, 4.69) is 11.3 Å². The minimum Gasteiger partial charge on any atom is -0.459 e. The van der Waals surface area contributed by atoms with Gasteiger partial charge < -0.3 is 4.74 Å². The van der Waals surface area contributed by atoms with Gasteiger partial charge in [-0.15, -0.1) is 0 Å². The Morgan fingerprint density at radius 1 is 1.18 bits per heavy atom. The molecule has 0 aliphatic carbocycles. The van der Waals surface area contributed by atoms with Gasteiger partial charge in [-0.2, -0.15) is 17.6 Å². The largest absolute Gasteiger partial charge is 0.459 e. The highest BCUT2D eigenvalue weighted by Gasteiger charge is 2.67. The summed E-state index contributed by atoms with van der Waals surface area (Å²) in [6, 6.07) is 0. The Balaban J connectivity index is 4.70. The third-order valence-corrected chi connectivity index (χ3v) is 1.65. The molecule has 0 amide bonds. The van der Waals surface area contributed by atoms with Gasteiger partial charge in [0.1, 0.15) is 6.61 Å². The van der Waals surface area contributed by atoms with Gasteiger partial charge in [0.05, 0.1) is 0 Å². The molecule has 0 aliphatic rings. The molecule has 2 nitrogen and oxygen atoms in total. The minimum absolute atomic E-state index is 0.468. The van der Waals surface area contributed by atoms with Crippen LogP contribution in [0.2, 0.25) is 0 Å². The number of rotatable bonds is 6. The van der Waals surface area contributed by atoms with Crippen LogP contribution >= 0.6 is 0 Å². The second-order valence-corrected chi connectivity index (χ2v) is 2.85. The molecule has 0 aliphatic heterocycles. The normalized spacial score (nSPS) is 14.6. The second-order valence-electron chi connectivity index (χ2n) is 2.85. The van der Waals surface area contributed by atoms with Crippen LogP contribution in [-0.4, -0.2) is 37.0 Å². The van der Waals surface area contributed by atoms with Gasteiger partial charge in [0.15, 0.2) is 0 Å². The average molecular weight is 268 g/mol. The van der Waals surface area contributed by atoms with Crippen LogP contribution in [0.15, 0.2) is 12.7 Å². The van der Waals surface area contributed by atoms with E-state index < -0.39 is 37.0 Å². The van der Waals surface area contributed by atoms with E-state index >= 15 is 0 Å². The highest BCUT2D eigenvalue weighted by Crippen LogP contribution is 2.42. The van der Waals surface area contributed by atoms with Crippen molar-refractivity contribution >= 4 is 5.97 Å². The van der Waals surface area contributed by atoms with E-state index in [0.717, 1.165) is 0 Å². The summed E-state index contributed by atoms with van der Waals surface area (Å²) >= 11 is 0. The molecule has 0 aromatic heterocycles. The predicted octanol–water partition coefficient (Wildman–Crippen LogP) is 2.59. The van der Waals surface area contributed by atoms with E-state index in [1.165, 1.54) is 0 Å². The highest BCUT2D eigenvalue weighted by molar-refractivity contribution is 5.81. The molecule has 0 spiro atoms. The van der Waals surface area contributed by atoms with Crippen molar-refractivity contribution in [2.45, 2.75) is 24.4 Å². The van der Waals surface area contributed by atoms with E-state index in [0.29, 0.717) is 6.08 Å². The van der Waals surface area contributed by atoms with Gasteiger partial charge >= 0.3 is 24.2 Å². The Morgan fingerprint density at radius 3 is 2.00 bits per heavy atom. The van der Waals surface area contributed by atoms with Crippen LogP contribution in [0.5, 0.6) is 0 Å². The van der Waals surface area contributed by atoms with Crippen LogP contribution in [0.1, 0.15) is 0 Å². The van der Waals surface area contributed by atoms with Crippen molar-refractivity contribution in [2.75, 3.05) is 6.61 Å². The number of hydrogen-bond acceptors (Lipinski definition) is 2. The number of esters is 1. The van der Waals surface area contributed by atoms with Gasteiger partial charge in [-0.25, -0.2) is 18.0 Å². The van der Waals surface area contributed by atoms with Crippen LogP contribution in [-0.2, 0) is 9.53 Å². The third-order valence-electron chi connectivity index (χ3n) is 1.65. The number of carbonyl (C=O) groups excluding carboxylic acids is 1. The number of hydrogen-bond donors (Lipinski definition) is 0. The molecule has 1 atom stereocenters. The number of ether oxygens (including phenoxy) is 1. The quantitative estimate of drug-likeness (QED) is 0.420. The molecular weight excluding hydrogens is 261 g/mol. The lowest BCUT2D eigenvalue weighted by Gasteiger charge is -2.27. The lowest BCUT2D eigenvalue weighted by molar-refractivity contribution is -0.288. The summed E-state index contributed by atoms with van der Waals surface area (Å²) in [6.45, 7) is 1.05. The highest BCUT2D eigenvalue weighted by atomic mass is 19.3. The third kappa shape index (κ3) is 3.34. The van der Waals surface area contributed by atoms with Crippen LogP contribution in [0.4, 0.5) is 30.7 Å². The lowest BCUT2D eigenvalue weighted by Crippen LogP contribution is -2.53. The molecule has 0 heterocycles. The molecule has 0 radical (unpaired) electrons. The fourth-order valence-electron chi connectivity index (χ4n) is 0.673. The monoisotopic (exact) mass is 268 g/mol. The van der Waals surface area contributed by atoms with Gasteiger partial charge in [-0.05, 0) is 0 Å². The Labute approximate surface area is 91.0 Å². The van der Waals surface area contributed by atoms with Crippen LogP contribution in [0.25, 0.3) is 0 Å². The summed E-state index contributed by atoms with van der Waals surface area (Å²) < 4.78 is 89.3. The van der Waals surface area contributed by atoms with E-state index in [4.69, 9.17) is 0 Å². The van der Waals surface area contributed by atoms with E-state index in [9.17, 15) is 35.5 Å². The molecule has 0 bridgehead atoms. The molecule has 0 fully saturated rings. The molecule has 0 N–H and O–H groups in total. The number of alkyl halides is 7. The Kier molecular flexibility index (Phi) is 4.96. The molecular formula is C8H7F7O2. The first kappa shape index (κ1) is 15.7. The smallest absolute Gasteiger partial charge is 0.372 e. The summed E-state index contributed by atoms with van der Waals surface area (Å²) in [5.41, 5.74) is 0. The summed E-state index contributed by atoms with van der Waals surface area (Å²) in [5, 5.41) is 0. The molecule has 0 aromatic carbocycles. The summed E-state index contributed by atoms with van der Waals surface area (Å²) in [5.74, 6) is -12.8. The average Bonchev–Trinajstić information content (AvgIpc) is 2.24. The first-order valence-electron chi connectivity index (χ1n) is 4.04. The molecule has 9 heteroatoms. The molecule has 0 saturated heterocycles. The van der Waals surface area contributed by atoms with E-state index in [-0.39, 0.29) is 0 Å². The van der Waals surface area contributed by atoms with Gasteiger partial charge in [0.25, 0.3) is 0 Å². The van der Waals surface area contributed by atoms with Crippen molar-refractivity contribution in [3.63, 3.8) is 0 Å². The summed E-state index contributed by atoms with van der Waals surface area (Å²) in [4.78, 5) is 10.3. The van der Waals surface area contributed by atoms with Gasteiger partial charge in [-0.1, -0.05) is 6.58 Å². The first-order chi connectivity index (χ1) is 7.57. The SMILES string of the molecule is C=CC(=O)OCC(F)C(F)(F)C(F)(F)C(F)F. The summed E-state index contributed by atoms with van der Waals surface area (Å²) in [6.07, 6.45) is -8.03. The molecule has 17 heavy (non-hydrogen) atoms. The van der Waals surface area contributed by atoms with Gasteiger partial charge in [-0.3, -0.25) is 0 Å². The Hall–Kier alpha value is -1.28. The standard InChI is InChI=1S/C8H7F7O2/c1-2-5(16)17-3-4(9)7(12,13)8(14,15)6(10)11/h2,4,6H,1,3H2. The minimum atomic E-state index is -5.85. The van der Waals surface area contributed by atoms with Crippen molar-refractivity contribution in [1.29, 1.82) is 0 Å². The van der Waals surface area contributed by atoms with Crippen molar-refractivity contribution in [2.24, 2.45) is 0 Å². The fraction of sp³-hybridized carbons (Fsp3) is 0.625. The summed E-state index contributed by atoms with van der Waals surface area (Å²) in [7, 11) is 0. The zero-order chi connectivity index (χ0) is 13.9. The van der Waals surface area contributed by atoms with Crippen LogP contribution < -0.4 is 0 Å². The van der Waals surface area contributed by atoms with Crippen molar-refractivity contribution in [3.8, 4) is 0 Å². The Morgan fingerprint density at radius 2 is 1.65 bits per heavy atom. The zero-order valence-corrected chi connectivity index (χ0v) is 8.11. The van der Waals surface area contributed by atoms with E-state index in [1.54, 1.807) is 0 Å². The van der Waals surface area contributed by atoms with Gasteiger partial charge in [0.2, 0.25) is 6.17 Å². The first-order valence-corrected chi connectivity index (χ1v) is 4.04. The molecule has 100 valence electrons. The maximum Gasteiger partial charge on any atom is 0.372 e. The van der Waals surface area contributed by atoms with Crippen LogP contribution in [0.3, 0.4) is 0 Å². The number of halogens is 7. The molecule has 0 aromatic rings. The van der Waals surface area contributed by atoms with Crippen molar-refractivity contribution in [1.82, 2.24) is 0 Å². The van der Waals surface area contributed by atoms with Crippen LogP contribution in [0, 0.1) is 0 Å². The van der Waals surface area contributed by atoms with Gasteiger partial charge in [0, 0.05) is 6.08 Å². The maximum atomic E-state index is 12.7. The number of carbonyl (C=O) groups is 1. The molecule has 0 rings (SSSR count). The topological polar surface area (TPSA) is 26.3 Å². The lowest BCUT2D eigenvalue weighted by atomic mass is 10.1.